The van der Waals surface area contributed by atoms with Crippen molar-refractivity contribution >= 4 is 23.8 Å². The third-order valence-electron chi connectivity index (χ3n) is 4.87. The number of benzene rings is 1. The molecule has 1 aromatic heterocycles. The minimum absolute atomic E-state index is 0.254. The number of carbonyl (C=O) groups excluding carboxylic acids is 2. The van der Waals surface area contributed by atoms with Gasteiger partial charge in [0.05, 0.1) is 12.2 Å². The molecular formula is C20H18F5N5O3. The van der Waals surface area contributed by atoms with Crippen LogP contribution in [0.4, 0.5) is 27.9 Å². The summed E-state index contributed by atoms with van der Waals surface area (Å²) in [5, 5.41) is 11.6. The molecule has 2 N–H and O–H groups in total. The van der Waals surface area contributed by atoms with E-state index in [0.717, 1.165) is 0 Å². The Morgan fingerprint density at radius 2 is 1.52 bits per heavy atom. The number of aliphatic hydroxyl groups excluding tert-OH is 1. The second-order valence-corrected chi connectivity index (χ2v) is 6.92. The standard InChI is InChI=1S/C20H18F5N5O3/c21-14-11(15(22)17(24)18(25)16(14)23)2-3-13(32)28-12(10-31)19(33)29-6-8-30(9-7-29)20-26-4-1-5-27-20/h1-5,12,31H,6-10H2,(H,28,32)/t12-/m0/s1. The Labute approximate surface area is 184 Å². The molecule has 0 unspecified atom stereocenters. The van der Waals surface area contributed by atoms with Crippen LogP contribution in [0.3, 0.4) is 0 Å². The van der Waals surface area contributed by atoms with Gasteiger partial charge in [-0.15, -0.1) is 0 Å². The maximum Gasteiger partial charge on any atom is 0.247 e. The summed E-state index contributed by atoms with van der Waals surface area (Å²) in [5.41, 5.74) is -1.31. The zero-order chi connectivity index (χ0) is 24.1. The molecule has 176 valence electrons. The topological polar surface area (TPSA) is 98.7 Å². The summed E-state index contributed by atoms with van der Waals surface area (Å²) in [7, 11) is 0. The number of aromatic nitrogens is 2. The van der Waals surface area contributed by atoms with Crippen LogP contribution < -0.4 is 10.2 Å². The minimum atomic E-state index is -2.32. The van der Waals surface area contributed by atoms with Crippen LogP contribution >= 0.6 is 0 Å². The molecule has 0 saturated carbocycles. The number of hydrogen-bond donors (Lipinski definition) is 2. The Bertz CT molecular complexity index is 1030. The fourth-order valence-electron chi connectivity index (χ4n) is 3.13. The SMILES string of the molecule is O=C(C=Cc1c(F)c(F)c(F)c(F)c1F)N[C@@H](CO)C(=O)N1CCN(c2ncccn2)CC1. The quantitative estimate of drug-likeness (QED) is 0.283. The van der Waals surface area contributed by atoms with Crippen LogP contribution in [-0.4, -0.2) is 70.6 Å². The molecule has 3 rings (SSSR count). The lowest BCUT2D eigenvalue weighted by Crippen LogP contribution is -2.56. The van der Waals surface area contributed by atoms with Crippen molar-refractivity contribution in [2.75, 3.05) is 37.7 Å². The fourth-order valence-corrected chi connectivity index (χ4v) is 3.13. The van der Waals surface area contributed by atoms with Gasteiger partial charge in [-0.2, -0.15) is 0 Å². The molecule has 1 saturated heterocycles. The van der Waals surface area contributed by atoms with E-state index in [9.17, 15) is 36.6 Å². The molecule has 2 aromatic rings. The minimum Gasteiger partial charge on any atom is -0.394 e. The van der Waals surface area contributed by atoms with Gasteiger partial charge in [0.2, 0.25) is 23.6 Å². The van der Waals surface area contributed by atoms with Crippen LogP contribution in [0.2, 0.25) is 0 Å². The number of hydrogen-bond acceptors (Lipinski definition) is 6. The molecular weight excluding hydrogens is 453 g/mol. The molecule has 8 nitrogen and oxygen atoms in total. The lowest BCUT2D eigenvalue weighted by atomic mass is 10.1. The highest BCUT2D eigenvalue weighted by atomic mass is 19.2. The average molecular weight is 471 g/mol. The van der Waals surface area contributed by atoms with Crippen molar-refractivity contribution < 1.29 is 36.6 Å². The van der Waals surface area contributed by atoms with Gasteiger partial charge >= 0.3 is 0 Å². The van der Waals surface area contributed by atoms with Crippen LogP contribution in [0.5, 0.6) is 0 Å². The molecule has 33 heavy (non-hydrogen) atoms. The first-order valence-electron chi connectivity index (χ1n) is 9.66. The first-order valence-corrected chi connectivity index (χ1v) is 9.66. The van der Waals surface area contributed by atoms with Gasteiger partial charge in [0.15, 0.2) is 23.3 Å². The maximum absolute atomic E-state index is 13.7. The highest BCUT2D eigenvalue weighted by Gasteiger charge is 2.29. The molecule has 2 heterocycles. The Morgan fingerprint density at radius 1 is 0.970 bits per heavy atom. The number of halogens is 5. The van der Waals surface area contributed by atoms with Crippen LogP contribution in [0.1, 0.15) is 5.56 Å². The fraction of sp³-hybridized carbons (Fsp3) is 0.300. The van der Waals surface area contributed by atoms with Gasteiger partial charge in [0.1, 0.15) is 6.04 Å². The molecule has 1 fully saturated rings. The molecule has 0 spiro atoms. The number of nitrogens with one attached hydrogen (secondary N) is 1. The van der Waals surface area contributed by atoms with E-state index in [2.05, 4.69) is 15.3 Å². The monoisotopic (exact) mass is 471 g/mol. The van der Waals surface area contributed by atoms with Gasteiger partial charge in [0, 0.05) is 44.6 Å². The third-order valence-corrected chi connectivity index (χ3v) is 4.87. The van der Waals surface area contributed by atoms with E-state index in [4.69, 9.17) is 0 Å². The molecule has 1 aliphatic heterocycles. The van der Waals surface area contributed by atoms with E-state index < -0.39 is 59.1 Å². The van der Waals surface area contributed by atoms with Gasteiger partial charge in [-0.05, 0) is 12.1 Å². The molecule has 0 bridgehead atoms. The highest BCUT2D eigenvalue weighted by Crippen LogP contribution is 2.24. The van der Waals surface area contributed by atoms with Crippen LogP contribution in [0, 0.1) is 29.1 Å². The largest absolute Gasteiger partial charge is 0.394 e. The second kappa shape index (κ2) is 10.3. The highest BCUT2D eigenvalue weighted by molar-refractivity contribution is 5.95. The van der Waals surface area contributed by atoms with Gasteiger partial charge in [-0.25, -0.2) is 31.9 Å². The van der Waals surface area contributed by atoms with E-state index in [1.54, 1.807) is 18.5 Å². The van der Waals surface area contributed by atoms with E-state index in [-0.39, 0.29) is 13.1 Å². The van der Waals surface area contributed by atoms with Crippen molar-refractivity contribution in [1.29, 1.82) is 0 Å². The van der Waals surface area contributed by atoms with Crippen molar-refractivity contribution in [3.63, 3.8) is 0 Å². The first-order chi connectivity index (χ1) is 15.7. The summed E-state index contributed by atoms with van der Waals surface area (Å²) in [6, 6.07) is 0.288. The summed E-state index contributed by atoms with van der Waals surface area (Å²) in [6.07, 6.45) is 4.05. The smallest absolute Gasteiger partial charge is 0.247 e. The predicted molar refractivity (Wildman–Crippen MR) is 105 cm³/mol. The Morgan fingerprint density at radius 3 is 2.06 bits per heavy atom. The lowest BCUT2D eigenvalue weighted by Gasteiger charge is -2.36. The molecule has 0 aliphatic carbocycles. The summed E-state index contributed by atoms with van der Waals surface area (Å²) >= 11 is 0. The molecule has 1 atom stereocenters. The van der Waals surface area contributed by atoms with E-state index in [1.165, 1.54) is 4.90 Å². The molecule has 1 aromatic carbocycles. The number of nitrogens with zero attached hydrogens (tertiary/aromatic N) is 4. The van der Waals surface area contributed by atoms with Gasteiger partial charge in [-0.3, -0.25) is 9.59 Å². The summed E-state index contributed by atoms with van der Waals surface area (Å²) < 4.78 is 67.0. The van der Waals surface area contributed by atoms with E-state index in [1.807, 2.05) is 4.90 Å². The van der Waals surface area contributed by atoms with Crippen molar-refractivity contribution in [3.8, 4) is 0 Å². The number of carbonyl (C=O) groups is 2. The van der Waals surface area contributed by atoms with Crippen molar-refractivity contribution in [2.24, 2.45) is 0 Å². The predicted octanol–water partition coefficient (Wildman–Crippen LogP) is 1.01. The average Bonchev–Trinajstić information content (AvgIpc) is 2.85. The second-order valence-electron chi connectivity index (χ2n) is 6.92. The zero-order valence-electron chi connectivity index (χ0n) is 16.9. The molecule has 0 radical (unpaired) electrons. The Balaban J connectivity index is 1.62. The van der Waals surface area contributed by atoms with Crippen LogP contribution in [0.15, 0.2) is 24.5 Å². The van der Waals surface area contributed by atoms with Gasteiger partial charge < -0.3 is 20.2 Å². The van der Waals surface area contributed by atoms with Gasteiger partial charge in [-0.1, -0.05) is 0 Å². The summed E-state index contributed by atoms with van der Waals surface area (Å²) in [6.45, 7) is 0.542. The third kappa shape index (κ3) is 5.25. The van der Waals surface area contributed by atoms with Crippen molar-refractivity contribution in [3.05, 3.63) is 59.2 Å². The van der Waals surface area contributed by atoms with E-state index >= 15 is 0 Å². The number of aliphatic hydroxyl groups is 1. The number of anilines is 1. The van der Waals surface area contributed by atoms with Crippen molar-refractivity contribution in [2.45, 2.75) is 6.04 Å². The van der Waals surface area contributed by atoms with Crippen LogP contribution in [-0.2, 0) is 9.59 Å². The zero-order valence-corrected chi connectivity index (χ0v) is 16.9. The van der Waals surface area contributed by atoms with Crippen molar-refractivity contribution in [1.82, 2.24) is 20.2 Å². The summed E-state index contributed by atoms with van der Waals surface area (Å²) in [4.78, 5) is 36.2. The number of piperazine rings is 1. The molecule has 1 aliphatic rings. The first kappa shape index (κ1) is 24.0. The normalized spacial score (nSPS) is 15.1. The summed E-state index contributed by atoms with van der Waals surface area (Å²) in [5.74, 6) is -12.0. The van der Waals surface area contributed by atoms with Gasteiger partial charge in [0.25, 0.3) is 0 Å². The number of rotatable bonds is 6. The lowest BCUT2D eigenvalue weighted by molar-refractivity contribution is -0.137. The van der Waals surface area contributed by atoms with E-state index in [0.29, 0.717) is 31.2 Å². The Hall–Kier alpha value is -3.61. The van der Waals surface area contributed by atoms with Crippen LogP contribution in [0.25, 0.3) is 6.08 Å². The molecule has 13 heteroatoms. The Kier molecular flexibility index (Phi) is 7.53. The number of amides is 2. The molecule has 2 amide bonds. The maximum atomic E-state index is 13.7.